The Morgan fingerprint density at radius 2 is 1.33 bits per heavy atom. The first-order valence-electron chi connectivity index (χ1n) is 9.47. The third kappa shape index (κ3) is 5.17. The minimum Gasteiger partial charge on any atom is -0.391 e. The van der Waals surface area contributed by atoms with E-state index in [4.69, 9.17) is 8.85 Å². The highest BCUT2D eigenvalue weighted by atomic mass is 28.4. The Hall–Kier alpha value is -1.16. The predicted molar refractivity (Wildman–Crippen MR) is 106 cm³/mol. The summed E-state index contributed by atoms with van der Waals surface area (Å²) in [5.74, 6) is 0. The maximum absolute atomic E-state index is 6.42. The topological polar surface area (TPSA) is 18.5 Å². The summed E-state index contributed by atoms with van der Waals surface area (Å²) in [6.07, 6.45) is 7.09. The summed E-state index contributed by atoms with van der Waals surface area (Å²) in [4.78, 5) is 0. The quantitative estimate of drug-likeness (QED) is 0.394. The molecule has 0 heterocycles. The van der Waals surface area contributed by atoms with Gasteiger partial charge in [0, 0.05) is 18.4 Å². The van der Waals surface area contributed by atoms with Gasteiger partial charge in [-0.3, -0.25) is 0 Å². The minimum atomic E-state index is -2.39. The van der Waals surface area contributed by atoms with E-state index in [9.17, 15) is 0 Å². The van der Waals surface area contributed by atoms with Gasteiger partial charge < -0.3 is 8.85 Å². The molecule has 0 radical (unpaired) electrons. The fourth-order valence-electron chi connectivity index (χ4n) is 3.06. The van der Waals surface area contributed by atoms with Crippen molar-refractivity contribution < 1.29 is 8.85 Å². The molecule has 0 amide bonds. The normalized spacial score (nSPS) is 12.0. The highest BCUT2D eigenvalue weighted by Crippen LogP contribution is 2.18. The van der Waals surface area contributed by atoms with Crippen LogP contribution in [0.2, 0.25) is 6.55 Å². The molecule has 2 rings (SSSR count). The maximum atomic E-state index is 6.42. The molecule has 2 nitrogen and oxygen atoms in total. The lowest BCUT2D eigenvalue weighted by molar-refractivity contribution is 0.179. The van der Waals surface area contributed by atoms with Crippen LogP contribution < -0.4 is 5.19 Å². The zero-order chi connectivity index (χ0) is 17.3. The number of fused-ring (bicyclic) bond motifs is 1. The third-order valence-corrected chi connectivity index (χ3v) is 7.45. The van der Waals surface area contributed by atoms with E-state index in [1.165, 1.54) is 41.6 Å². The van der Waals surface area contributed by atoms with Crippen molar-refractivity contribution >= 4 is 24.5 Å². The molecule has 2 aromatic carbocycles. The second-order valence-corrected chi connectivity index (χ2v) is 9.59. The van der Waals surface area contributed by atoms with Crippen molar-refractivity contribution in [3.8, 4) is 0 Å². The molecular weight excluding hydrogens is 312 g/mol. The van der Waals surface area contributed by atoms with E-state index >= 15 is 0 Å². The molecule has 0 saturated heterocycles. The Morgan fingerprint density at radius 3 is 1.96 bits per heavy atom. The molecule has 0 aliphatic carbocycles. The molecule has 0 spiro atoms. The van der Waals surface area contributed by atoms with Crippen LogP contribution in [0, 0.1) is 0 Å². The molecular formula is C21H32O2Si. The summed E-state index contributed by atoms with van der Waals surface area (Å²) in [5, 5.41) is 3.82. The van der Waals surface area contributed by atoms with E-state index in [0.29, 0.717) is 0 Å². The highest BCUT2D eigenvalue weighted by molar-refractivity contribution is 6.82. The monoisotopic (exact) mass is 344 g/mol. The van der Waals surface area contributed by atoms with Crippen molar-refractivity contribution in [1.82, 2.24) is 0 Å². The van der Waals surface area contributed by atoms with Crippen molar-refractivity contribution in [1.29, 1.82) is 0 Å². The second kappa shape index (κ2) is 9.97. The van der Waals surface area contributed by atoms with Crippen LogP contribution in [-0.2, 0) is 8.85 Å². The molecule has 0 atom stereocenters. The molecule has 0 N–H and O–H groups in total. The van der Waals surface area contributed by atoms with Gasteiger partial charge in [0.05, 0.1) is 0 Å². The van der Waals surface area contributed by atoms with Crippen LogP contribution in [0.4, 0.5) is 0 Å². The number of rotatable bonds is 11. The van der Waals surface area contributed by atoms with Crippen LogP contribution in [0.3, 0.4) is 0 Å². The number of hydrogen-bond acceptors (Lipinski definition) is 2. The molecule has 0 aromatic heterocycles. The summed E-state index contributed by atoms with van der Waals surface area (Å²) < 4.78 is 12.8. The summed E-state index contributed by atoms with van der Waals surface area (Å²) in [5.41, 5.74) is 0. The maximum Gasteiger partial charge on any atom is 0.369 e. The van der Waals surface area contributed by atoms with Crippen LogP contribution in [0.25, 0.3) is 10.8 Å². The van der Waals surface area contributed by atoms with Gasteiger partial charge in [0.1, 0.15) is 0 Å². The molecule has 3 heteroatoms. The smallest absolute Gasteiger partial charge is 0.369 e. The zero-order valence-electron chi connectivity index (χ0n) is 15.5. The van der Waals surface area contributed by atoms with E-state index in [2.05, 4.69) is 62.9 Å². The SMILES string of the molecule is CCCCCO[Si](C)(OCCCCC)c1cccc2ccccc12. The van der Waals surface area contributed by atoms with Gasteiger partial charge in [-0.1, -0.05) is 82.0 Å². The first-order chi connectivity index (χ1) is 11.7. The second-order valence-electron chi connectivity index (χ2n) is 6.58. The summed E-state index contributed by atoms with van der Waals surface area (Å²) in [7, 11) is -2.39. The van der Waals surface area contributed by atoms with Gasteiger partial charge in [0.25, 0.3) is 0 Å². The molecule has 0 saturated carbocycles. The number of hydrogen-bond donors (Lipinski definition) is 0. The largest absolute Gasteiger partial charge is 0.391 e. The molecule has 132 valence electrons. The lowest BCUT2D eigenvalue weighted by atomic mass is 10.1. The lowest BCUT2D eigenvalue weighted by Gasteiger charge is -2.28. The van der Waals surface area contributed by atoms with Gasteiger partial charge in [-0.15, -0.1) is 0 Å². The molecule has 24 heavy (non-hydrogen) atoms. The Bertz CT molecular complexity index is 594. The van der Waals surface area contributed by atoms with Gasteiger partial charge in [-0.2, -0.15) is 0 Å². The first-order valence-corrected chi connectivity index (χ1v) is 11.8. The molecule has 0 aliphatic heterocycles. The lowest BCUT2D eigenvalue weighted by Crippen LogP contribution is -2.51. The van der Waals surface area contributed by atoms with Gasteiger partial charge >= 0.3 is 8.56 Å². The fraction of sp³-hybridized carbons (Fsp3) is 0.524. The van der Waals surface area contributed by atoms with Crippen LogP contribution in [0.1, 0.15) is 52.4 Å². The average molecular weight is 345 g/mol. The number of benzene rings is 2. The first kappa shape index (κ1) is 19.2. The van der Waals surface area contributed by atoms with Crippen LogP contribution >= 0.6 is 0 Å². The Morgan fingerprint density at radius 1 is 0.750 bits per heavy atom. The van der Waals surface area contributed by atoms with Gasteiger partial charge in [-0.25, -0.2) is 0 Å². The predicted octanol–water partition coefficient (Wildman–Crippen LogP) is 5.53. The third-order valence-electron chi connectivity index (χ3n) is 4.53. The Balaban J connectivity index is 2.22. The van der Waals surface area contributed by atoms with Crippen molar-refractivity contribution in [3.05, 3.63) is 42.5 Å². The van der Waals surface area contributed by atoms with Crippen LogP contribution in [0.5, 0.6) is 0 Å². The molecule has 0 bridgehead atoms. The van der Waals surface area contributed by atoms with Crippen molar-refractivity contribution in [3.63, 3.8) is 0 Å². The van der Waals surface area contributed by atoms with E-state index in [0.717, 1.165) is 26.1 Å². The van der Waals surface area contributed by atoms with E-state index in [-0.39, 0.29) is 0 Å². The van der Waals surface area contributed by atoms with Gasteiger partial charge in [0.15, 0.2) is 0 Å². The molecule has 0 unspecified atom stereocenters. The van der Waals surface area contributed by atoms with Crippen LogP contribution in [-0.4, -0.2) is 21.8 Å². The van der Waals surface area contributed by atoms with Gasteiger partial charge in [-0.05, 0) is 30.2 Å². The van der Waals surface area contributed by atoms with Crippen molar-refractivity contribution in [2.24, 2.45) is 0 Å². The Labute approximate surface area is 148 Å². The highest BCUT2D eigenvalue weighted by Gasteiger charge is 2.35. The summed E-state index contributed by atoms with van der Waals surface area (Å²) >= 11 is 0. The molecule has 2 aromatic rings. The van der Waals surface area contributed by atoms with Crippen molar-refractivity contribution in [2.45, 2.75) is 58.9 Å². The standard InChI is InChI=1S/C21H32O2Si/c1-4-6-10-17-22-24(3,23-18-11-7-5-2)21-16-12-14-19-13-8-9-15-20(19)21/h8-9,12-16H,4-7,10-11,17-18H2,1-3H3. The van der Waals surface area contributed by atoms with Gasteiger partial charge in [0.2, 0.25) is 0 Å². The number of unbranched alkanes of at least 4 members (excludes halogenated alkanes) is 4. The molecule has 0 aliphatic rings. The Kier molecular flexibility index (Phi) is 7.96. The van der Waals surface area contributed by atoms with Crippen molar-refractivity contribution in [2.75, 3.05) is 13.2 Å². The van der Waals surface area contributed by atoms with E-state index < -0.39 is 8.56 Å². The minimum absolute atomic E-state index is 0.799. The molecule has 0 fully saturated rings. The summed E-state index contributed by atoms with van der Waals surface area (Å²) in [6.45, 7) is 8.26. The van der Waals surface area contributed by atoms with Crippen LogP contribution in [0.15, 0.2) is 42.5 Å². The average Bonchev–Trinajstić information content (AvgIpc) is 2.62. The van der Waals surface area contributed by atoms with E-state index in [1.54, 1.807) is 0 Å². The van der Waals surface area contributed by atoms with E-state index in [1.807, 2.05) is 0 Å². The summed E-state index contributed by atoms with van der Waals surface area (Å²) in [6, 6.07) is 15.1. The fourth-order valence-corrected chi connectivity index (χ4v) is 5.63. The zero-order valence-corrected chi connectivity index (χ0v) is 16.5.